The summed E-state index contributed by atoms with van der Waals surface area (Å²) >= 11 is 0. The van der Waals surface area contributed by atoms with Crippen LogP contribution in [0.15, 0.2) is 22.8 Å². The molecule has 2 atom stereocenters. The van der Waals surface area contributed by atoms with E-state index in [0.717, 1.165) is 30.7 Å². The van der Waals surface area contributed by atoms with Gasteiger partial charge in [0.05, 0.1) is 19.4 Å². The van der Waals surface area contributed by atoms with Crippen molar-refractivity contribution < 1.29 is 9.21 Å². The zero-order valence-corrected chi connectivity index (χ0v) is 10.6. The highest BCUT2D eigenvalue weighted by molar-refractivity contribution is 5.77. The summed E-state index contributed by atoms with van der Waals surface area (Å²) < 4.78 is 5.19. The zero-order chi connectivity index (χ0) is 12.4. The highest BCUT2D eigenvalue weighted by Crippen LogP contribution is 2.37. The lowest BCUT2D eigenvalue weighted by molar-refractivity contribution is -0.122. The van der Waals surface area contributed by atoms with Crippen molar-refractivity contribution in [3.63, 3.8) is 0 Å². The van der Waals surface area contributed by atoms with Crippen molar-refractivity contribution in [2.24, 2.45) is 11.8 Å². The molecule has 2 aliphatic rings. The Labute approximate surface area is 107 Å². The maximum atomic E-state index is 11.8. The number of carbonyl (C=O) groups is 1. The lowest BCUT2D eigenvalue weighted by Crippen LogP contribution is -2.36. The van der Waals surface area contributed by atoms with Crippen molar-refractivity contribution in [3.05, 3.63) is 24.2 Å². The van der Waals surface area contributed by atoms with Gasteiger partial charge in [-0.15, -0.1) is 0 Å². The van der Waals surface area contributed by atoms with Crippen molar-refractivity contribution >= 4 is 5.91 Å². The molecule has 0 bridgehead atoms. The van der Waals surface area contributed by atoms with Crippen LogP contribution in [0.3, 0.4) is 0 Å². The van der Waals surface area contributed by atoms with Crippen molar-refractivity contribution in [1.29, 1.82) is 0 Å². The molecule has 0 spiro atoms. The predicted octanol–water partition coefficient (Wildman–Crippen LogP) is 1.63. The van der Waals surface area contributed by atoms with Gasteiger partial charge in [-0.2, -0.15) is 0 Å². The summed E-state index contributed by atoms with van der Waals surface area (Å²) in [6, 6.07) is 3.71. The number of nitrogens with one attached hydrogen (secondary N) is 1. The Balaban J connectivity index is 1.42. The van der Waals surface area contributed by atoms with E-state index in [0.29, 0.717) is 13.1 Å². The summed E-state index contributed by atoms with van der Waals surface area (Å²) in [5, 5.41) is 2.90. The Kier molecular flexibility index (Phi) is 3.37. The molecular formula is C14H20N2O2. The van der Waals surface area contributed by atoms with Gasteiger partial charge in [0.2, 0.25) is 5.91 Å². The molecule has 2 fully saturated rings. The highest BCUT2D eigenvalue weighted by Gasteiger charge is 2.36. The second-order valence-corrected chi connectivity index (χ2v) is 5.50. The number of nitrogens with zero attached hydrogens (tertiary/aromatic N) is 1. The summed E-state index contributed by atoms with van der Waals surface area (Å²) in [6.45, 7) is 3.25. The van der Waals surface area contributed by atoms with Crippen molar-refractivity contribution in [1.82, 2.24) is 10.2 Å². The van der Waals surface area contributed by atoms with E-state index in [1.54, 1.807) is 6.26 Å². The van der Waals surface area contributed by atoms with Crippen LogP contribution in [0.2, 0.25) is 0 Å². The Morgan fingerprint density at radius 2 is 2.17 bits per heavy atom. The minimum Gasteiger partial charge on any atom is -0.467 e. The van der Waals surface area contributed by atoms with Gasteiger partial charge in [0.1, 0.15) is 5.76 Å². The van der Waals surface area contributed by atoms with E-state index in [1.165, 1.54) is 19.3 Å². The van der Waals surface area contributed by atoms with E-state index in [1.807, 2.05) is 12.1 Å². The van der Waals surface area contributed by atoms with Gasteiger partial charge < -0.3 is 9.73 Å². The zero-order valence-electron chi connectivity index (χ0n) is 10.6. The summed E-state index contributed by atoms with van der Waals surface area (Å²) in [4.78, 5) is 14.1. The van der Waals surface area contributed by atoms with Crippen LogP contribution < -0.4 is 5.32 Å². The topological polar surface area (TPSA) is 45.5 Å². The van der Waals surface area contributed by atoms with Crippen LogP contribution in [0.4, 0.5) is 0 Å². The molecule has 0 aromatic carbocycles. The molecule has 1 aromatic heterocycles. The van der Waals surface area contributed by atoms with Crippen LogP contribution in [0.1, 0.15) is 25.0 Å². The van der Waals surface area contributed by atoms with Gasteiger partial charge in [0.15, 0.2) is 0 Å². The number of rotatable bonds is 4. The number of hydrogen-bond acceptors (Lipinski definition) is 3. The number of carbonyl (C=O) groups excluding carboxylic acids is 1. The number of fused-ring (bicyclic) bond motifs is 1. The van der Waals surface area contributed by atoms with E-state index in [9.17, 15) is 4.79 Å². The summed E-state index contributed by atoms with van der Waals surface area (Å²) in [5.41, 5.74) is 0. The minimum absolute atomic E-state index is 0.103. The third-order valence-corrected chi connectivity index (χ3v) is 4.21. The largest absolute Gasteiger partial charge is 0.467 e. The molecular weight excluding hydrogens is 228 g/mol. The summed E-state index contributed by atoms with van der Waals surface area (Å²) in [7, 11) is 0. The molecule has 2 heterocycles. The minimum atomic E-state index is 0.103. The molecule has 4 heteroatoms. The van der Waals surface area contributed by atoms with Gasteiger partial charge in [-0.05, 0) is 36.8 Å². The molecule has 98 valence electrons. The van der Waals surface area contributed by atoms with Crippen LogP contribution in [0.25, 0.3) is 0 Å². The van der Waals surface area contributed by atoms with Gasteiger partial charge in [-0.3, -0.25) is 9.69 Å². The van der Waals surface area contributed by atoms with E-state index >= 15 is 0 Å². The second-order valence-electron chi connectivity index (χ2n) is 5.50. The average molecular weight is 248 g/mol. The normalized spacial score (nSPS) is 27.3. The SMILES string of the molecule is O=C(CN1CC2CCCC2C1)NCc1ccco1. The fourth-order valence-electron chi connectivity index (χ4n) is 3.32. The van der Waals surface area contributed by atoms with Gasteiger partial charge in [0.25, 0.3) is 0 Å². The molecule has 1 aliphatic heterocycles. The molecule has 4 nitrogen and oxygen atoms in total. The lowest BCUT2D eigenvalue weighted by atomic mass is 10.0. The Bertz CT molecular complexity index is 390. The van der Waals surface area contributed by atoms with Crippen molar-refractivity contribution in [2.45, 2.75) is 25.8 Å². The number of likely N-dealkylation sites (tertiary alicyclic amines) is 1. The molecule has 1 aliphatic carbocycles. The smallest absolute Gasteiger partial charge is 0.234 e. The Hall–Kier alpha value is -1.29. The van der Waals surface area contributed by atoms with Gasteiger partial charge in [0, 0.05) is 13.1 Å². The van der Waals surface area contributed by atoms with Crippen LogP contribution in [-0.4, -0.2) is 30.4 Å². The number of amides is 1. The highest BCUT2D eigenvalue weighted by atomic mass is 16.3. The first-order valence-electron chi connectivity index (χ1n) is 6.82. The molecule has 18 heavy (non-hydrogen) atoms. The Morgan fingerprint density at radius 1 is 1.39 bits per heavy atom. The van der Waals surface area contributed by atoms with Crippen LogP contribution >= 0.6 is 0 Å². The van der Waals surface area contributed by atoms with E-state index in [2.05, 4.69) is 10.2 Å². The molecule has 2 unspecified atom stereocenters. The van der Waals surface area contributed by atoms with Crippen LogP contribution in [0, 0.1) is 11.8 Å². The van der Waals surface area contributed by atoms with E-state index in [4.69, 9.17) is 4.42 Å². The van der Waals surface area contributed by atoms with Gasteiger partial charge in [-0.1, -0.05) is 6.42 Å². The molecule has 1 aromatic rings. The predicted molar refractivity (Wildman–Crippen MR) is 67.8 cm³/mol. The monoisotopic (exact) mass is 248 g/mol. The van der Waals surface area contributed by atoms with E-state index < -0.39 is 0 Å². The first kappa shape index (κ1) is 11.8. The third kappa shape index (κ3) is 2.58. The number of furan rings is 1. The average Bonchev–Trinajstić information content (AvgIpc) is 3.01. The van der Waals surface area contributed by atoms with Gasteiger partial charge in [-0.25, -0.2) is 0 Å². The molecule has 1 amide bonds. The summed E-state index contributed by atoms with van der Waals surface area (Å²) in [5.74, 6) is 2.61. The van der Waals surface area contributed by atoms with Crippen molar-refractivity contribution in [3.8, 4) is 0 Å². The first-order chi connectivity index (χ1) is 8.81. The quantitative estimate of drug-likeness (QED) is 0.881. The maximum Gasteiger partial charge on any atom is 0.234 e. The molecule has 0 radical (unpaired) electrons. The first-order valence-corrected chi connectivity index (χ1v) is 6.82. The molecule has 3 rings (SSSR count). The van der Waals surface area contributed by atoms with Crippen LogP contribution in [0.5, 0.6) is 0 Å². The van der Waals surface area contributed by atoms with Gasteiger partial charge >= 0.3 is 0 Å². The van der Waals surface area contributed by atoms with Crippen LogP contribution in [-0.2, 0) is 11.3 Å². The second kappa shape index (κ2) is 5.14. The van der Waals surface area contributed by atoms with Crippen molar-refractivity contribution in [2.75, 3.05) is 19.6 Å². The fraction of sp³-hybridized carbons (Fsp3) is 0.643. The molecule has 1 N–H and O–H groups in total. The molecule has 1 saturated carbocycles. The fourth-order valence-corrected chi connectivity index (χ4v) is 3.32. The standard InChI is InChI=1S/C14H20N2O2/c17-14(15-7-13-5-2-6-18-13)10-16-8-11-3-1-4-12(11)9-16/h2,5-6,11-12H,1,3-4,7-10H2,(H,15,17). The third-order valence-electron chi connectivity index (χ3n) is 4.21. The maximum absolute atomic E-state index is 11.8. The lowest BCUT2D eigenvalue weighted by Gasteiger charge is -2.15. The number of hydrogen-bond donors (Lipinski definition) is 1. The molecule has 1 saturated heterocycles. The van der Waals surface area contributed by atoms with E-state index in [-0.39, 0.29) is 5.91 Å². The Morgan fingerprint density at radius 3 is 2.83 bits per heavy atom. The summed E-state index contributed by atoms with van der Waals surface area (Å²) in [6.07, 6.45) is 5.72.